The molecule has 3 nitrogen and oxygen atoms in total. The number of esters is 1. The zero-order chi connectivity index (χ0) is 15.4. The van der Waals surface area contributed by atoms with Crippen LogP contribution in [0.3, 0.4) is 0 Å². The van der Waals surface area contributed by atoms with Gasteiger partial charge in [-0.3, -0.25) is 0 Å². The standard InChI is InChI=1S/C16H15F2NO2/c1-10-7-11(16(20)21-2)4-6-15(10)19-9-12-3-5-13(17)8-14(12)18/h3-8,19H,9H2,1-2H3. The van der Waals surface area contributed by atoms with Crippen LogP contribution in [0.1, 0.15) is 21.5 Å². The lowest BCUT2D eigenvalue weighted by Gasteiger charge is -2.11. The number of rotatable bonds is 4. The van der Waals surface area contributed by atoms with E-state index in [1.165, 1.54) is 19.2 Å². The van der Waals surface area contributed by atoms with Gasteiger partial charge in [0.2, 0.25) is 0 Å². The molecule has 0 spiro atoms. The van der Waals surface area contributed by atoms with Crippen LogP contribution in [-0.2, 0) is 11.3 Å². The third-order valence-corrected chi connectivity index (χ3v) is 3.13. The van der Waals surface area contributed by atoms with Crippen molar-refractivity contribution in [3.8, 4) is 0 Å². The van der Waals surface area contributed by atoms with Crippen molar-refractivity contribution in [2.75, 3.05) is 12.4 Å². The largest absolute Gasteiger partial charge is 0.465 e. The van der Waals surface area contributed by atoms with Gasteiger partial charge in [-0.15, -0.1) is 0 Å². The Bertz CT molecular complexity index is 671. The summed E-state index contributed by atoms with van der Waals surface area (Å²) in [4.78, 5) is 11.4. The first-order chi connectivity index (χ1) is 10.0. The first-order valence-electron chi connectivity index (χ1n) is 6.38. The molecule has 2 aromatic rings. The van der Waals surface area contributed by atoms with Gasteiger partial charge in [0.1, 0.15) is 11.6 Å². The molecule has 0 aromatic heterocycles. The maximum absolute atomic E-state index is 13.5. The SMILES string of the molecule is COC(=O)c1ccc(NCc2ccc(F)cc2F)c(C)c1. The highest BCUT2D eigenvalue weighted by molar-refractivity contribution is 5.90. The van der Waals surface area contributed by atoms with Crippen molar-refractivity contribution in [1.29, 1.82) is 0 Å². The molecule has 0 aliphatic heterocycles. The summed E-state index contributed by atoms with van der Waals surface area (Å²) in [5.41, 5.74) is 2.42. The fraction of sp³-hybridized carbons (Fsp3) is 0.188. The molecule has 0 aliphatic rings. The number of nitrogens with one attached hydrogen (secondary N) is 1. The number of hydrogen-bond donors (Lipinski definition) is 1. The van der Waals surface area contributed by atoms with Gasteiger partial charge in [0.15, 0.2) is 0 Å². The van der Waals surface area contributed by atoms with Crippen LogP contribution in [0.5, 0.6) is 0 Å². The summed E-state index contributed by atoms with van der Waals surface area (Å²) in [7, 11) is 1.32. The molecule has 0 heterocycles. The van der Waals surface area contributed by atoms with Gasteiger partial charge in [0.05, 0.1) is 12.7 Å². The van der Waals surface area contributed by atoms with E-state index in [0.29, 0.717) is 11.1 Å². The molecule has 0 atom stereocenters. The molecule has 0 saturated carbocycles. The van der Waals surface area contributed by atoms with E-state index in [4.69, 9.17) is 0 Å². The van der Waals surface area contributed by atoms with Crippen molar-refractivity contribution in [2.45, 2.75) is 13.5 Å². The Kier molecular flexibility index (Phi) is 4.52. The molecule has 0 bridgehead atoms. The molecule has 0 radical (unpaired) electrons. The predicted octanol–water partition coefficient (Wildman–Crippen LogP) is 3.67. The summed E-state index contributed by atoms with van der Waals surface area (Å²) in [5, 5.41) is 3.06. The van der Waals surface area contributed by atoms with E-state index in [2.05, 4.69) is 10.1 Å². The van der Waals surface area contributed by atoms with Gasteiger partial charge in [0.25, 0.3) is 0 Å². The van der Waals surface area contributed by atoms with E-state index < -0.39 is 17.6 Å². The van der Waals surface area contributed by atoms with Crippen LogP contribution in [0.25, 0.3) is 0 Å². The first-order valence-corrected chi connectivity index (χ1v) is 6.38. The summed E-state index contributed by atoms with van der Waals surface area (Å²) in [6.45, 7) is 2.06. The topological polar surface area (TPSA) is 38.3 Å². The number of methoxy groups -OCH3 is 1. The molecule has 2 aromatic carbocycles. The number of anilines is 1. The van der Waals surface area contributed by atoms with Crippen molar-refractivity contribution in [3.63, 3.8) is 0 Å². The third-order valence-electron chi connectivity index (χ3n) is 3.13. The summed E-state index contributed by atoms with van der Waals surface area (Å²) in [6, 6.07) is 8.51. The second kappa shape index (κ2) is 6.35. The predicted molar refractivity (Wildman–Crippen MR) is 76.2 cm³/mol. The van der Waals surface area contributed by atoms with Crippen molar-refractivity contribution in [1.82, 2.24) is 0 Å². The third kappa shape index (κ3) is 3.56. The van der Waals surface area contributed by atoms with Crippen LogP contribution in [0, 0.1) is 18.6 Å². The van der Waals surface area contributed by atoms with Crippen LogP contribution in [0.4, 0.5) is 14.5 Å². The molecule has 0 amide bonds. The van der Waals surface area contributed by atoms with E-state index in [0.717, 1.165) is 17.3 Å². The summed E-state index contributed by atoms with van der Waals surface area (Å²) in [6.07, 6.45) is 0. The normalized spacial score (nSPS) is 10.3. The van der Waals surface area contributed by atoms with E-state index in [1.807, 2.05) is 6.92 Å². The number of carbonyl (C=O) groups excluding carboxylic acids is 1. The molecule has 5 heteroatoms. The zero-order valence-electron chi connectivity index (χ0n) is 11.7. The molecule has 0 fully saturated rings. The Labute approximate surface area is 121 Å². The molecule has 1 N–H and O–H groups in total. The van der Waals surface area contributed by atoms with Gasteiger partial charge < -0.3 is 10.1 Å². The van der Waals surface area contributed by atoms with Crippen molar-refractivity contribution < 1.29 is 18.3 Å². The highest BCUT2D eigenvalue weighted by Crippen LogP contribution is 2.19. The molecule has 0 unspecified atom stereocenters. The number of hydrogen-bond acceptors (Lipinski definition) is 3. The Morgan fingerprint density at radius 2 is 1.95 bits per heavy atom. The van der Waals surface area contributed by atoms with Gasteiger partial charge in [0, 0.05) is 23.9 Å². The average molecular weight is 291 g/mol. The van der Waals surface area contributed by atoms with Gasteiger partial charge in [-0.1, -0.05) is 6.07 Å². The number of carbonyl (C=O) groups is 1. The zero-order valence-corrected chi connectivity index (χ0v) is 11.7. The van der Waals surface area contributed by atoms with E-state index in [-0.39, 0.29) is 6.54 Å². The van der Waals surface area contributed by atoms with Gasteiger partial charge in [-0.05, 0) is 36.8 Å². The second-order valence-electron chi connectivity index (χ2n) is 4.61. The van der Waals surface area contributed by atoms with Gasteiger partial charge in [-0.25, -0.2) is 13.6 Å². The highest BCUT2D eigenvalue weighted by atomic mass is 19.1. The monoisotopic (exact) mass is 291 g/mol. The lowest BCUT2D eigenvalue weighted by molar-refractivity contribution is 0.0600. The van der Waals surface area contributed by atoms with Crippen LogP contribution in [0.15, 0.2) is 36.4 Å². The number of aryl methyl sites for hydroxylation is 1. The molecular formula is C16H15F2NO2. The second-order valence-corrected chi connectivity index (χ2v) is 4.61. The van der Waals surface area contributed by atoms with Crippen LogP contribution < -0.4 is 5.32 Å². The Morgan fingerprint density at radius 1 is 1.19 bits per heavy atom. The highest BCUT2D eigenvalue weighted by Gasteiger charge is 2.08. The van der Waals surface area contributed by atoms with E-state index >= 15 is 0 Å². The van der Waals surface area contributed by atoms with Gasteiger partial charge >= 0.3 is 5.97 Å². The van der Waals surface area contributed by atoms with Crippen LogP contribution in [0.2, 0.25) is 0 Å². The van der Waals surface area contributed by atoms with Crippen LogP contribution >= 0.6 is 0 Å². The quantitative estimate of drug-likeness (QED) is 0.873. The Balaban J connectivity index is 2.11. The maximum Gasteiger partial charge on any atom is 0.337 e. The molecule has 21 heavy (non-hydrogen) atoms. The van der Waals surface area contributed by atoms with Crippen molar-refractivity contribution in [3.05, 3.63) is 64.7 Å². The maximum atomic E-state index is 13.5. The lowest BCUT2D eigenvalue weighted by Crippen LogP contribution is -2.06. The number of benzene rings is 2. The fourth-order valence-electron chi connectivity index (χ4n) is 1.96. The number of halogens is 2. The summed E-state index contributed by atoms with van der Waals surface area (Å²) >= 11 is 0. The molecular weight excluding hydrogens is 276 g/mol. The smallest absolute Gasteiger partial charge is 0.337 e. The van der Waals surface area contributed by atoms with E-state index in [1.54, 1.807) is 18.2 Å². The molecule has 0 saturated heterocycles. The molecule has 110 valence electrons. The Hall–Kier alpha value is -2.43. The summed E-state index contributed by atoms with van der Waals surface area (Å²) < 4.78 is 31.0. The minimum Gasteiger partial charge on any atom is -0.465 e. The average Bonchev–Trinajstić information content (AvgIpc) is 2.46. The van der Waals surface area contributed by atoms with E-state index in [9.17, 15) is 13.6 Å². The molecule has 0 aliphatic carbocycles. The summed E-state index contributed by atoms with van der Waals surface area (Å²) in [5.74, 6) is -1.60. The van der Waals surface area contributed by atoms with Gasteiger partial charge in [-0.2, -0.15) is 0 Å². The minimum atomic E-state index is -0.602. The minimum absolute atomic E-state index is 0.227. The van der Waals surface area contributed by atoms with Crippen molar-refractivity contribution >= 4 is 11.7 Å². The van der Waals surface area contributed by atoms with Crippen LogP contribution in [-0.4, -0.2) is 13.1 Å². The number of ether oxygens (including phenoxy) is 1. The Morgan fingerprint density at radius 3 is 2.57 bits per heavy atom. The first kappa shape index (κ1) is 15.0. The van der Waals surface area contributed by atoms with Crippen molar-refractivity contribution in [2.24, 2.45) is 0 Å². The molecule has 2 rings (SSSR count). The lowest BCUT2D eigenvalue weighted by atomic mass is 10.1. The fourth-order valence-corrected chi connectivity index (χ4v) is 1.96.